The van der Waals surface area contributed by atoms with Gasteiger partial charge in [0.05, 0.1) is 0 Å². The van der Waals surface area contributed by atoms with Gasteiger partial charge in [0.15, 0.2) is 5.83 Å². The monoisotopic (exact) mass is 382 g/mol. The van der Waals surface area contributed by atoms with Gasteiger partial charge in [-0.15, -0.1) is 0 Å². The van der Waals surface area contributed by atoms with Crippen molar-refractivity contribution >= 4 is 5.83 Å². The van der Waals surface area contributed by atoms with E-state index in [-0.39, 0.29) is 5.92 Å². The van der Waals surface area contributed by atoms with Crippen LogP contribution < -0.4 is 0 Å². The van der Waals surface area contributed by atoms with Gasteiger partial charge in [-0.3, -0.25) is 0 Å². The summed E-state index contributed by atoms with van der Waals surface area (Å²) in [5, 5.41) is 0. The Bertz CT molecular complexity index is 763. The van der Waals surface area contributed by atoms with Crippen molar-refractivity contribution in [2.45, 2.75) is 65.2 Å². The molecular weight excluding hydrogens is 350 g/mol. The van der Waals surface area contributed by atoms with Crippen LogP contribution in [0.1, 0.15) is 67.7 Å². The van der Waals surface area contributed by atoms with E-state index in [1.807, 2.05) is 12.1 Å². The van der Waals surface area contributed by atoms with Gasteiger partial charge in [0.1, 0.15) is 5.83 Å². The van der Waals surface area contributed by atoms with E-state index >= 15 is 0 Å². The number of benzene rings is 2. The predicted octanol–water partition coefficient (Wildman–Crippen LogP) is 7.99. The summed E-state index contributed by atoms with van der Waals surface area (Å²) in [5.41, 5.74) is 4.08. The molecule has 150 valence electrons. The third-order valence-corrected chi connectivity index (χ3v) is 6.14. The molecule has 1 saturated carbocycles. The summed E-state index contributed by atoms with van der Waals surface area (Å²) in [7, 11) is 0. The van der Waals surface area contributed by atoms with Crippen molar-refractivity contribution < 1.29 is 8.78 Å². The van der Waals surface area contributed by atoms with Gasteiger partial charge in [0, 0.05) is 11.5 Å². The first-order valence-corrected chi connectivity index (χ1v) is 10.8. The molecule has 1 fully saturated rings. The SMILES string of the molecule is CCC[C@H]1CC[C@H](/C(F)=C(\F)c2ccc(CCc3ccc(C)cc3)cc2)CC1. The van der Waals surface area contributed by atoms with Crippen LogP contribution >= 0.6 is 0 Å². The fraction of sp³-hybridized carbons (Fsp3) is 0.462. The van der Waals surface area contributed by atoms with Crippen molar-refractivity contribution in [3.63, 3.8) is 0 Å². The van der Waals surface area contributed by atoms with Crippen LogP contribution in [0.4, 0.5) is 8.78 Å². The Labute approximate surface area is 168 Å². The zero-order chi connectivity index (χ0) is 19.9. The van der Waals surface area contributed by atoms with E-state index in [1.165, 1.54) is 24.0 Å². The van der Waals surface area contributed by atoms with Crippen LogP contribution in [0, 0.1) is 18.8 Å². The van der Waals surface area contributed by atoms with Crippen molar-refractivity contribution in [2.75, 3.05) is 0 Å². The molecule has 3 rings (SSSR count). The molecule has 0 radical (unpaired) electrons. The molecule has 0 nitrogen and oxygen atoms in total. The first-order valence-electron chi connectivity index (χ1n) is 10.8. The number of allylic oxidation sites excluding steroid dienone is 1. The Hall–Kier alpha value is -1.96. The van der Waals surface area contributed by atoms with Crippen LogP contribution in [0.15, 0.2) is 54.4 Å². The van der Waals surface area contributed by atoms with Gasteiger partial charge < -0.3 is 0 Å². The molecule has 0 saturated heterocycles. The fourth-order valence-electron chi connectivity index (χ4n) is 4.29. The van der Waals surface area contributed by atoms with Gasteiger partial charge in [-0.05, 0) is 62.5 Å². The summed E-state index contributed by atoms with van der Waals surface area (Å²) in [6.07, 6.45) is 7.85. The molecule has 2 heteroatoms. The largest absolute Gasteiger partial charge is 0.208 e. The van der Waals surface area contributed by atoms with Crippen LogP contribution in [0.25, 0.3) is 5.83 Å². The Balaban J connectivity index is 1.58. The lowest BCUT2D eigenvalue weighted by atomic mass is 9.79. The molecule has 2 aromatic carbocycles. The molecule has 0 N–H and O–H groups in total. The van der Waals surface area contributed by atoms with Crippen molar-refractivity contribution in [2.24, 2.45) is 11.8 Å². The third kappa shape index (κ3) is 5.53. The highest BCUT2D eigenvalue weighted by molar-refractivity contribution is 5.61. The lowest BCUT2D eigenvalue weighted by Crippen LogP contribution is -2.15. The molecule has 0 spiro atoms. The third-order valence-electron chi connectivity index (χ3n) is 6.14. The number of hydrogen-bond acceptors (Lipinski definition) is 0. The summed E-state index contributed by atoms with van der Waals surface area (Å²) in [5.74, 6) is -0.745. The molecule has 0 unspecified atom stereocenters. The average molecular weight is 383 g/mol. The second-order valence-corrected chi connectivity index (χ2v) is 8.35. The van der Waals surface area contributed by atoms with E-state index in [1.54, 1.807) is 12.1 Å². The highest BCUT2D eigenvalue weighted by atomic mass is 19.2. The topological polar surface area (TPSA) is 0 Å². The standard InChI is InChI=1S/C26H32F2/c1-3-4-20-11-15-23(16-12-20)25(27)26(28)24-17-13-22(14-18-24)10-9-21-7-5-19(2)6-8-21/h5-8,13-14,17-18,20,23H,3-4,9-12,15-16H2,1-2H3/b26-25+/t20-,23-. The first kappa shape index (κ1) is 20.8. The van der Waals surface area contributed by atoms with Gasteiger partial charge in [-0.1, -0.05) is 73.9 Å². The molecule has 0 bridgehead atoms. The highest BCUT2D eigenvalue weighted by Gasteiger charge is 2.26. The van der Waals surface area contributed by atoms with Crippen LogP contribution in [0.2, 0.25) is 0 Å². The molecular formula is C26H32F2. The smallest absolute Gasteiger partial charge is 0.162 e. The Morgan fingerprint density at radius 1 is 0.821 bits per heavy atom. The molecule has 1 aliphatic rings. The molecule has 0 amide bonds. The fourth-order valence-corrected chi connectivity index (χ4v) is 4.29. The minimum atomic E-state index is -0.663. The predicted molar refractivity (Wildman–Crippen MR) is 115 cm³/mol. The second-order valence-electron chi connectivity index (χ2n) is 8.35. The van der Waals surface area contributed by atoms with Crippen LogP contribution in [0.3, 0.4) is 0 Å². The zero-order valence-electron chi connectivity index (χ0n) is 17.2. The van der Waals surface area contributed by atoms with Gasteiger partial charge >= 0.3 is 0 Å². The normalized spacial score (nSPS) is 20.7. The average Bonchev–Trinajstić information content (AvgIpc) is 2.73. The van der Waals surface area contributed by atoms with E-state index in [0.717, 1.165) is 44.1 Å². The van der Waals surface area contributed by atoms with Crippen LogP contribution in [0.5, 0.6) is 0 Å². The summed E-state index contributed by atoms with van der Waals surface area (Å²) < 4.78 is 29.4. The molecule has 28 heavy (non-hydrogen) atoms. The quantitative estimate of drug-likeness (QED) is 0.455. The molecule has 0 heterocycles. The van der Waals surface area contributed by atoms with Gasteiger partial charge in [-0.2, -0.15) is 0 Å². The summed E-state index contributed by atoms with van der Waals surface area (Å²) in [6.45, 7) is 4.28. The minimum Gasteiger partial charge on any atom is -0.208 e. The van der Waals surface area contributed by atoms with E-state index in [4.69, 9.17) is 0 Å². The summed E-state index contributed by atoms with van der Waals surface area (Å²) in [4.78, 5) is 0. The number of hydrogen-bond donors (Lipinski definition) is 0. The van der Waals surface area contributed by atoms with E-state index in [9.17, 15) is 8.78 Å². The van der Waals surface area contributed by atoms with E-state index in [2.05, 4.69) is 38.1 Å². The minimum absolute atomic E-state index is 0.241. The summed E-state index contributed by atoms with van der Waals surface area (Å²) in [6, 6.07) is 15.8. The highest BCUT2D eigenvalue weighted by Crippen LogP contribution is 2.39. The number of halogens is 2. The van der Waals surface area contributed by atoms with Gasteiger partial charge in [0.2, 0.25) is 0 Å². The lowest BCUT2D eigenvalue weighted by Gasteiger charge is -2.27. The Morgan fingerprint density at radius 2 is 1.36 bits per heavy atom. The van der Waals surface area contributed by atoms with Crippen LogP contribution in [-0.4, -0.2) is 0 Å². The van der Waals surface area contributed by atoms with E-state index < -0.39 is 11.7 Å². The number of aryl methyl sites for hydroxylation is 3. The molecule has 2 aromatic rings. The first-order chi connectivity index (χ1) is 13.6. The van der Waals surface area contributed by atoms with Gasteiger partial charge in [-0.25, -0.2) is 8.78 Å². The van der Waals surface area contributed by atoms with E-state index in [0.29, 0.717) is 11.5 Å². The Kier molecular flexibility index (Phi) is 7.42. The number of rotatable bonds is 7. The molecule has 0 aliphatic heterocycles. The van der Waals surface area contributed by atoms with Crippen molar-refractivity contribution in [3.8, 4) is 0 Å². The van der Waals surface area contributed by atoms with Crippen LogP contribution in [-0.2, 0) is 12.8 Å². The maximum absolute atomic E-state index is 14.7. The maximum atomic E-state index is 14.7. The molecule has 1 aliphatic carbocycles. The Morgan fingerprint density at radius 3 is 1.89 bits per heavy atom. The van der Waals surface area contributed by atoms with Crippen molar-refractivity contribution in [1.82, 2.24) is 0 Å². The summed E-state index contributed by atoms with van der Waals surface area (Å²) >= 11 is 0. The van der Waals surface area contributed by atoms with Crippen molar-refractivity contribution in [3.05, 3.63) is 76.6 Å². The lowest BCUT2D eigenvalue weighted by molar-refractivity contribution is 0.261. The second kappa shape index (κ2) is 10.0. The molecule has 0 aromatic heterocycles. The molecule has 0 atom stereocenters. The zero-order valence-corrected chi connectivity index (χ0v) is 17.2. The maximum Gasteiger partial charge on any atom is 0.162 e. The van der Waals surface area contributed by atoms with Gasteiger partial charge in [0.25, 0.3) is 0 Å². The van der Waals surface area contributed by atoms with Crippen molar-refractivity contribution in [1.29, 1.82) is 0 Å².